The van der Waals surface area contributed by atoms with Crippen LogP contribution >= 0.6 is 55.1 Å². The molecule has 0 atom stereocenters. The van der Waals surface area contributed by atoms with Crippen molar-refractivity contribution in [3.63, 3.8) is 0 Å². The molecule has 5 aromatic rings. The molecule has 5 rings (SSSR count). The molecule has 1 radical (unpaired) electrons. The van der Waals surface area contributed by atoms with E-state index < -0.39 is 0 Å². The first-order chi connectivity index (χ1) is 15.0. The topological polar surface area (TPSA) is 29.5 Å². The standard InChI is InChI=1S/C18H8Br2Cl2.C6H6BO2/c19-17-13-3-1-9-10(12(13)6-8-15(17)21)2-4-14-11(9)5-7-16(22)18(14)20;8-7-9-6-4-2-1-3-5-6/h1-8H;1-5,8H. The quantitative estimate of drug-likeness (QED) is 0.169. The van der Waals surface area contributed by atoms with Crippen LogP contribution in [0.1, 0.15) is 0 Å². The summed E-state index contributed by atoms with van der Waals surface area (Å²) >= 11 is 19.6. The van der Waals surface area contributed by atoms with Crippen molar-refractivity contribution in [1.29, 1.82) is 0 Å². The third-order valence-electron chi connectivity index (χ3n) is 4.90. The summed E-state index contributed by atoms with van der Waals surface area (Å²) in [4.78, 5) is 0. The van der Waals surface area contributed by atoms with Gasteiger partial charge in [-0.05, 0) is 88.4 Å². The molecule has 31 heavy (non-hydrogen) atoms. The molecular formula is C24H14BBr2Cl2O2. The number of rotatable bonds is 2. The number of halogens is 4. The van der Waals surface area contributed by atoms with Gasteiger partial charge in [-0.25, -0.2) is 0 Å². The van der Waals surface area contributed by atoms with Gasteiger partial charge in [-0.15, -0.1) is 0 Å². The molecular weight excluding hydrogens is 562 g/mol. The molecule has 0 aliphatic carbocycles. The molecule has 2 nitrogen and oxygen atoms in total. The van der Waals surface area contributed by atoms with Crippen molar-refractivity contribution in [1.82, 2.24) is 0 Å². The molecule has 0 saturated carbocycles. The molecule has 0 aliphatic heterocycles. The maximum absolute atomic E-state index is 8.17. The van der Waals surface area contributed by atoms with Crippen molar-refractivity contribution in [2.45, 2.75) is 0 Å². The first-order valence-electron chi connectivity index (χ1n) is 9.26. The lowest BCUT2D eigenvalue weighted by Gasteiger charge is -2.11. The van der Waals surface area contributed by atoms with Gasteiger partial charge in [-0.3, -0.25) is 0 Å². The largest absolute Gasteiger partial charge is 0.569 e. The molecule has 5 aromatic carbocycles. The van der Waals surface area contributed by atoms with Gasteiger partial charge in [-0.1, -0.05) is 77.8 Å². The molecule has 0 amide bonds. The highest BCUT2D eigenvalue weighted by Crippen LogP contribution is 2.39. The highest BCUT2D eigenvalue weighted by Gasteiger charge is 2.10. The van der Waals surface area contributed by atoms with Crippen LogP contribution < -0.4 is 4.65 Å². The van der Waals surface area contributed by atoms with Gasteiger partial charge in [0.25, 0.3) is 0 Å². The highest BCUT2D eigenvalue weighted by atomic mass is 79.9. The van der Waals surface area contributed by atoms with E-state index in [-0.39, 0.29) is 0 Å². The summed E-state index contributed by atoms with van der Waals surface area (Å²) in [5, 5.41) is 16.6. The maximum Gasteiger partial charge on any atom is 0.569 e. The lowest BCUT2D eigenvalue weighted by Crippen LogP contribution is -1.98. The van der Waals surface area contributed by atoms with Crippen molar-refractivity contribution >= 4 is 95.1 Å². The SMILES string of the molecule is Clc1ccc2c(ccc3c4ccc(Cl)c(Br)c4ccc23)c1Br.O[B]Oc1ccccc1. The number of benzene rings is 5. The van der Waals surface area contributed by atoms with E-state index in [1.807, 2.05) is 30.3 Å². The fraction of sp³-hybridized carbons (Fsp3) is 0. The molecule has 1 N–H and O–H groups in total. The number of para-hydroxylation sites is 1. The number of fused-ring (bicyclic) bond motifs is 5. The maximum atomic E-state index is 8.17. The van der Waals surface area contributed by atoms with Crippen LogP contribution in [0.5, 0.6) is 5.75 Å². The molecule has 153 valence electrons. The second-order valence-electron chi connectivity index (χ2n) is 6.68. The van der Waals surface area contributed by atoms with Gasteiger partial charge >= 0.3 is 7.69 Å². The summed E-state index contributed by atoms with van der Waals surface area (Å²) in [6.45, 7) is 0. The summed E-state index contributed by atoms with van der Waals surface area (Å²) in [6, 6.07) is 25.5. The minimum Gasteiger partial charge on any atom is -0.537 e. The molecule has 0 aromatic heterocycles. The Morgan fingerprint density at radius 2 is 0.968 bits per heavy atom. The van der Waals surface area contributed by atoms with Crippen LogP contribution in [0.4, 0.5) is 0 Å². The summed E-state index contributed by atoms with van der Waals surface area (Å²) in [6.07, 6.45) is 0. The second kappa shape index (κ2) is 9.80. The van der Waals surface area contributed by atoms with Gasteiger partial charge in [-0.2, -0.15) is 0 Å². The molecule has 0 spiro atoms. The van der Waals surface area contributed by atoms with Gasteiger partial charge in [0.2, 0.25) is 0 Å². The lowest BCUT2D eigenvalue weighted by atomic mass is 9.97. The summed E-state index contributed by atoms with van der Waals surface area (Å²) in [5.74, 6) is 0.639. The average Bonchev–Trinajstić information content (AvgIpc) is 2.79. The van der Waals surface area contributed by atoms with E-state index in [0.29, 0.717) is 13.4 Å². The van der Waals surface area contributed by atoms with E-state index in [2.05, 4.69) is 72.9 Å². The Hall–Kier alpha value is -1.76. The second-order valence-corrected chi connectivity index (χ2v) is 9.08. The lowest BCUT2D eigenvalue weighted by molar-refractivity contribution is 0.454. The fourth-order valence-electron chi connectivity index (χ4n) is 3.47. The van der Waals surface area contributed by atoms with Gasteiger partial charge in [0.05, 0.1) is 15.8 Å². The Morgan fingerprint density at radius 3 is 1.42 bits per heavy atom. The van der Waals surface area contributed by atoms with E-state index in [4.69, 9.17) is 28.2 Å². The van der Waals surface area contributed by atoms with E-state index in [1.165, 1.54) is 21.5 Å². The Bertz CT molecular complexity index is 1310. The van der Waals surface area contributed by atoms with E-state index >= 15 is 0 Å². The van der Waals surface area contributed by atoms with Crippen molar-refractivity contribution in [3.05, 3.63) is 97.9 Å². The minimum absolute atomic E-state index is 0.639. The summed E-state index contributed by atoms with van der Waals surface area (Å²) in [5.41, 5.74) is 0. The first kappa shape index (κ1) is 22.4. The van der Waals surface area contributed by atoms with Crippen molar-refractivity contribution in [2.75, 3.05) is 0 Å². The first-order valence-corrected chi connectivity index (χ1v) is 11.6. The molecule has 0 fully saturated rings. The molecule has 0 bridgehead atoms. The van der Waals surface area contributed by atoms with Crippen molar-refractivity contribution in [2.24, 2.45) is 0 Å². The summed E-state index contributed by atoms with van der Waals surface area (Å²) < 4.78 is 6.51. The smallest absolute Gasteiger partial charge is 0.537 e. The fourth-order valence-corrected chi connectivity index (χ4v) is 4.76. The van der Waals surface area contributed by atoms with Crippen LogP contribution in [0.25, 0.3) is 32.3 Å². The Morgan fingerprint density at radius 1 is 0.581 bits per heavy atom. The molecule has 7 heteroatoms. The zero-order valence-electron chi connectivity index (χ0n) is 16.0. The Kier molecular flexibility index (Phi) is 7.10. The molecule has 0 heterocycles. The van der Waals surface area contributed by atoms with Gasteiger partial charge in [0.15, 0.2) is 0 Å². The van der Waals surface area contributed by atoms with Gasteiger partial charge in [0.1, 0.15) is 0 Å². The predicted molar refractivity (Wildman–Crippen MR) is 139 cm³/mol. The van der Waals surface area contributed by atoms with E-state index in [9.17, 15) is 0 Å². The van der Waals surface area contributed by atoms with Crippen LogP contribution in [0, 0.1) is 0 Å². The third-order valence-corrected chi connectivity index (χ3v) is 7.70. The van der Waals surface area contributed by atoms with E-state index in [0.717, 1.165) is 29.8 Å². The molecule has 0 unspecified atom stereocenters. The van der Waals surface area contributed by atoms with E-state index in [1.54, 1.807) is 12.1 Å². The normalized spacial score (nSPS) is 10.7. The number of hydrogen-bond donors (Lipinski definition) is 1. The highest BCUT2D eigenvalue weighted by molar-refractivity contribution is 9.11. The average molecular weight is 576 g/mol. The Labute approximate surface area is 207 Å². The zero-order chi connectivity index (χ0) is 22.0. The predicted octanol–water partition coefficient (Wildman–Crippen LogP) is 8.57. The monoisotopic (exact) mass is 573 g/mol. The number of hydrogen-bond acceptors (Lipinski definition) is 2. The zero-order valence-corrected chi connectivity index (χ0v) is 20.6. The van der Waals surface area contributed by atoms with Crippen LogP contribution in [0.2, 0.25) is 10.0 Å². The minimum atomic E-state index is 0.639. The molecule has 0 saturated heterocycles. The summed E-state index contributed by atoms with van der Waals surface area (Å²) in [7, 11) is 0.662. The van der Waals surface area contributed by atoms with Crippen LogP contribution in [-0.4, -0.2) is 12.7 Å². The van der Waals surface area contributed by atoms with Crippen LogP contribution in [-0.2, 0) is 0 Å². The third kappa shape index (κ3) is 4.57. The van der Waals surface area contributed by atoms with Crippen LogP contribution in [0.15, 0.2) is 87.8 Å². The van der Waals surface area contributed by atoms with Crippen molar-refractivity contribution < 1.29 is 9.68 Å². The molecule has 0 aliphatic rings. The van der Waals surface area contributed by atoms with Gasteiger partial charge < -0.3 is 9.68 Å². The van der Waals surface area contributed by atoms with Crippen molar-refractivity contribution in [3.8, 4) is 5.75 Å². The Balaban J connectivity index is 0.000000217. The van der Waals surface area contributed by atoms with Crippen LogP contribution in [0.3, 0.4) is 0 Å². The van der Waals surface area contributed by atoms with Gasteiger partial charge in [0, 0.05) is 8.95 Å².